The topological polar surface area (TPSA) is 68.0 Å². The first-order valence-electron chi connectivity index (χ1n) is 8.07. The van der Waals surface area contributed by atoms with Crippen molar-refractivity contribution < 1.29 is 9.18 Å². The molecule has 4 nitrogen and oxygen atoms in total. The first-order chi connectivity index (χ1) is 11.3. The molecule has 128 valence electrons. The van der Waals surface area contributed by atoms with E-state index in [2.05, 4.69) is 24.1 Å². The number of amides is 1. The highest BCUT2D eigenvalue weighted by molar-refractivity contribution is 5.95. The van der Waals surface area contributed by atoms with Crippen LogP contribution in [0, 0.1) is 11.7 Å². The summed E-state index contributed by atoms with van der Waals surface area (Å²) in [7, 11) is 0. The first-order valence-corrected chi connectivity index (χ1v) is 8.07. The van der Waals surface area contributed by atoms with Crippen LogP contribution in [-0.4, -0.2) is 23.0 Å². The number of nitrogens with zero attached hydrogens (tertiary/aromatic N) is 1. The van der Waals surface area contributed by atoms with Crippen molar-refractivity contribution in [2.24, 2.45) is 11.7 Å². The molecule has 1 unspecified atom stereocenters. The van der Waals surface area contributed by atoms with Gasteiger partial charge < -0.3 is 11.1 Å². The van der Waals surface area contributed by atoms with Crippen molar-refractivity contribution >= 4 is 5.91 Å². The zero-order valence-corrected chi connectivity index (χ0v) is 14.3. The molecule has 0 saturated heterocycles. The Bertz CT molecular complexity index is 717. The molecule has 1 aromatic heterocycles. The molecule has 1 aromatic carbocycles. The van der Waals surface area contributed by atoms with Gasteiger partial charge in [0.1, 0.15) is 5.82 Å². The Hall–Kier alpha value is -2.27. The van der Waals surface area contributed by atoms with Crippen molar-refractivity contribution in [1.29, 1.82) is 0 Å². The summed E-state index contributed by atoms with van der Waals surface area (Å²) in [4.78, 5) is 16.6. The highest BCUT2D eigenvalue weighted by atomic mass is 19.1. The molecule has 3 N–H and O–H groups in total. The number of aromatic nitrogens is 1. The van der Waals surface area contributed by atoms with Crippen molar-refractivity contribution in [1.82, 2.24) is 10.3 Å². The van der Waals surface area contributed by atoms with E-state index in [-0.39, 0.29) is 11.7 Å². The van der Waals surface area contributed by atoms with Gasteiger partial charge in [0.05, 0.1) is 5.56 Å². The molecule has 0 aliphatic heterocycles. The van der Waals surface area contributed by atoms with Crippen LogP contribution in [0.2, 0.25) is 0 Å². The maximum Gasteiger partial charge on any atom is 0.253 e. The van der Waals surface area contributed by atoms with Gasteiger partial charge in [-0.3, -0.25) is 9.78 Å². The van der Waals surface area contributed by atoms with E-state index in [4.69, 9.17) is 5.73 Å². The van der Waals surface area contributed by atoms with Crippen molar-refractivity contribution in [2.75, 3.05) is 6.54 Å². The first kappa shape index (κ1) is 18.1. The Morgan fingerprint density at radius 3 is 2.67 bits per heavy atom. The van der Waals surface area contributed by atoms with Gasteiger partial charge in [-0.15, -0.1) is 0 Å². The van der Waals surface area contributed by atoms with E-state index in [0.29, 0.717) is 29.2 Å². The smallest absolute Gasteiger partial charge is 0.253 e. The van der Waals surface area contributed by atoms with Crippen molar-refractivity contribution in [3.8, 4) is 11.1 Å². The highest BCUT2D eigenvalue weighted by Gasteiger charge is 2.26. The molecule has 1 atom stereocenters. The fourth-order valence-corrected chi connectivity index (χ4v) is 2.84. The van der Waals surface area contributed by atoms with Gasteiger partial charge in [0, 0.05) is 35.6 Å². The average molecular weight is 329 g/mol. The largest absolute Gasteiger partial charge is 0.346 e. The average Bonchev–Trinajstić information content (AvgIpc) is 2.54. The van der Waals surface area contributed by atoms with E-state index in [0.717, 1.165) is 6.42 Å². The lowest BCUT2D eigenvalue weighted by Gasteiger charge is -2.31. The molecule has 24 heavy (non-hydrogen) atoms. The minimum Gasteiger partial charge on any atom is -0.346 e. The van der Waals surface area contributed by atoms with Crippen LogP contribution in [0.5, 0.6) is 0 Å². The number of benzene rings is 1. The van der Waals surface area contributed by atoms with Gasteiger partial charge in [0.25, 0.3) is 5.91 Å². The summed E-state index contributed by atoms with van der Waals surface area (Å²) < 4.78 is 13.9. The molecule has 2 aromatic rings. The molecule has 1 heterocycles. The second kappa shape index (κ2) is 7.53. The maximum absolute atomic E-state index is 13.9. The summed E-state index contributed by atoms with van der Waals surface area (Å²) in [6, 6.07) is 8.07. The van der Waals surface area contributed by atoms with Crippen LogP contribution in [-0.2, 0) is 0 Å². The van der Waals surface area contributed by atoms with Crippen LogP contribution in [0.25, 0.3) is 11.1 Å². The monoisotopic (exact) mass is 329 g/mol. The Morgan fingerprint density at radius 1 is 1.33 bits per heavy atom. The fraction of sp³-hybridized carbons (Fsp3) is 0.368. The summed E-state index contributed by atoms with van der Waals surface area (Å²) in [5.41, 5.74) is 6.73. The zero-order valence-electron chi connectivity index (χ0n) is 14.3. The van der Waals surface area contributed by atoms with Crippen LogP contribution in [0.4, 0.5) is 4.39 Å². The lowest BCUT2D eigenvalue weighted by Crippen LogP contribution is -2.52. The molecule has 0 aliphatic rings. The predicted octanol–water partition coefficient (Wildman–Crippen LogP) is 3.38. The third kappa shape index (κ3) is 4.38. The molecule has 0 bridgehead atoms. The minimum absolute atomic E-state index is 0.255. The molecule has 5 heteroatoms. The Balaban J connectivity index is 2.25. The van der Waals surface area contributed by atoms with Gasteiger partial charge >= 0.3 is 0 Å². The Kier molecular flexibility index (Phi) is 5.67. The van der Waals surface area contributed by atoms with Gasteiger partial charge in [0.2, 0.25) is 0 Å². The van der Waals surface area contributed by atoms with Gasteiger partial charge in [-0.25, -0.2) is 4.39 Å². The van der Waals surface area contributed by atoms with E-state index in [1.165, 1.54) is 12.3 Å². The third-order valence-corrected chi connectivity index (χ3v) is 3.91. The van der Waals surface area contributed by atoms with E-state index < -0.39 is 5.54 Å². The number of pyridine rings is 1. The van der Waals surface area contributed by atoms with E-state index in [1.54, 1.807) is 30.5 Å². The molecule has 0 aliphatic carbocycles. The van der Waals surface area contributed by atoms with E-state index in [1.807, 2.05) is 6.92 Å². The van der Waals surface area contributed by atoms with Crippen molar-refractivity contribution in [3.05, 3.63) is 54.1 Å². The van der Waals surface area contributed by atoms with E-state index in [9.17, 15) is 9.18 Å². The van der Waals surface area contributed by atoms with Crippen LogP contribution in [0.3, 0.4) is 0 Å². The number of rotatable bonds is 6. The molecular weight excluding hydrogens is 305 g/mol. The predicted molar refractivity (Wildman–Crippen MR) is 94.0 cm³/mol. The lowest BCUT2D eigenvalue weighted by atomic mass is 9.90. The summed E-state index contributed by atoms with van der Waals surface area (Å²) in [5, 5.41) is 2.99. The molecule has 0 radical (unpaired) electrons. The van der Waals surface area contributed by atoms with Gasteiger partial charge in [-0.05, 0) is 31.4 Å². The number of hydrogen-bond donors (Lipinski definition) is 2. The fourth-order valence-electron chi connectivity index (χ4n) is 2.84. The van der Waals surface area contributed by atoms with Crippen LogP contribution < -0.4 is 11.1 Å². The Morgan fingerprint density at radius 2 is 2.04 bits per heavy atom. The highest BCUT2D eigenvalue weighted by Crippen LogP contribution is 2.23. The minimum atomic E-state index is -0.487. The second-order valence-electron chi connectivity index (χ2n) is 6.76. The standard InChI is InChI=1S/C19H24FN3O/c1-13(2)9-19(3,12-21)23-18(24)15-8-14(10-22-11-15)16-6-4-5-7-17(16)20/h4-8,10-11,13H,9,12,21H2,1-3H3,(H,23,24). The zero-order chi connectivity index (χ0) is 17.7. The van der Waals surface area contributed by atoms with Gasteiger partial charge in [-0.2, -0.15) is 0 Å². The third-order valence-electron chi connectivity index (χ3n) is 3.91. The Labute approximate surface area is 142 Å². The number of hydrogen-bond acceptors (Lipinski definition) is 3. The molecule has 0 fully saturated rings. The summed E-state index contributed by atoms with van der Waals surface area (Å²) in [6.07, 6.45) is 3.80. The molecule has 2 rings (SSSR count). The quantitative estimate of drug-likeness (QED) is 0.853. The number of halogens is 1. The van der Waals surface area contributed by atoms with Crippen molar-refractivity contribution in [2.45, 2.75) is 32.7 Å². The molecule has 0 saturated carbocycles. The van der Waals surface area contributed by atoms with Crippen LogP contribution in [0.15, 0.2) is 42.7 Å². The van der Waals surface area contributed by atoms with Crippen LogP contribution >= 0.6 is 0 Å². The number of carbonyl (C=O) groups excluding carboxylic acids is 1. The molecule has 1 amide bonds. The number of carbonyl (C=O) groups is 1. The van der Waals surface area contributed by atoms with Gasteiger partial charge in [0.15, 0.2) is 0 Å². The normalized spacial score (nSPS) is 13.6. The maximum atomic E-state index is 13.9. The summed E-state index contributed by atoms with van der Waals surface area (Å²) in [5.74, 6) is -0.195. The summed E-state index contributed by atoms with van der Waals surface area (Å²) in [6.45, 7) is 6.44. The number of nitrogens with two attached hydrogens (primary N) is 1. The van der Waals surface area contributed by atoms with Gasteiger partial charge in [-0.1, -0.05) is 32.0 Å². The summed E-state index contributed by atoms with van der Waals surface area (Å²) >= 11 is 0. The van der Waals surface area contributed by atoms with E-state index >= 15 is 0 Å². The van der Waals surface area contributed by atoms with Crippen molar-refractivity contribution in [3.63, 3.8) is 0 Å². The second-order valence-corrected chi connectivity index (χ2v) is 6.76. The number of nitrogens with one attached hydrogen (secondary N) is 1. The molecule has 0 spiro atoms. The lowest BCUT2D eigenvalue weighted by molar-refractivity contribution is 0.0898. The SMILES string of the molecule is CC(C)CC(C)(CN)NC(=O)c1cncc(-c2ccccc2F)c1. The van der Waals surface area contributed by atoms with Crippen LogP contribution in [0.1, 0.15) is 37.6 Å². The molecular formula is C19H24FN3O.